The molecular formula is C17H21ClN4O. The molecule has 0 saturated carbocycles. The highest BCUT2D eigenvalue weighted by Crippen LogP contribution is 2.25. The van der Waals surface area contributed by atoms with Crippen LogP contribution in [0, 0.1) is 0 Å². The molecule has 1 aromatic carbocycles. The number of carbonyl (C=O) groups excluding carboxylic acids is 1. The topological polar surface area (TPSA) is 39.7 Å². The Balaban J connectivity index is 1.70. The Labute approximate surface area is 141 Å². The van der Waals surface area contributed by atoms with Crippen molar-refractivity contribution in [2.75, 3.05) is 40.3 Å². The SMILES string of the molecule is CN(C)C(=O)N1CCN(Cc2ccc(Cl)c3cccnc23)CC1. The van der Waals surface area contributed by atoms with Crippen molar-refractivity contribution >= 4 is 28.5 Å². The summed E-state index contributed by atoms with van der Waals surface area (Å²) >= 11 is 6.25. The largest absolute Gasteiger partial charge is 0.331 e. The van der Waals surface area contributed by atoms with Gasteiger partial charge in [0.05, 0.1) is 5.52 Å². The van der Waals surface area contributed by atoms with Gasteiger partial charge in [0.25, 0.3) is 0 Å². The van der Waals surface area contributed by atoms with Gasteiger partial charge in [0.15, 0.2) is 0 Å². The van der Waals surface area contributed by atoms with Gasteiger partial charge in [-0.3, -0.25) is 9.88 Å². The summed E-state index contributed by atoms with van der Waals surface area (Å²) in [6, 6.07) is 7.98. The van der Waals surface area contributed by atoms with Crippen molar-refractivity contribution in [3.63, 3.8) is 0 Å². The summed E-state index contributed by atoms with van der Waals surface area (Å²) in [5.41, 5.74) is 2.14. The van der Waals surface area contributed by atoms with Crippen molar-refractivity contribution in [2.24, 2.45) is 0 Å². The van der Waals surface area contributed by atoms with Crippen LogP contribution in [0.25, 0.3) is 10.9 Å². The lowest BCUT2D eigenvalue weighted by Crippen LogP contribution is -2.51. The van der Waals surface area contributed by atoms with Crippen LogP contribution in [0.3, 0.4) is 0 Å². The quantitative estimate of drug-likeness (QED) is 0.849. The van der Waals surface area contributed by atoms with Crippen LogP contribution in [0.15, 0.2) is 30.5 Å². The molecular weight excluding hydrogens is 312 g/mol. The maximum atomic E-state index is 12.0. The van der Waals surface area contributed by atoms with Gasteiger partial charge in [-0.1, -0.05) is 17.7 Å². The fraction of sp³-hybridized carbons (Fsp3) is 0.412. The van der Waals surface area contributed by atoms with E-state index in [9.17, 15) is 4.79 Å². The molecule has 0 spiro atoms. The molecule has 5 nitrogen and oxygen atoms in total. The standard InChI is InChI=1S/C17H21ClN4O/c1-20(2)17(23)22-10-8-21(9-11-22)12-13-5-6-15(18)14-4-3-7-19-16(13)14/h3-7H,8-12H2,1-2H3. The van der Waals surface area contributed by atoms with Crippen LogP contribution in [0.2, 0.25) is 5.02 Å². The predicted octanol–water partition coefficient (Wildman–Crippen LogP) is 2.69. The van der Waals surface area contributed by atoms with E-state index < -0.39 is 0 Å². The Morgan fingerprint density at radius 2 is 1.96 bits per heavy atom. The second kappa shape index (κ2) is 6.72. The van der Waals surface area contributed by atoms with Gasteiger partial charge in [-0.25, -0.2) is 4.79 Å². The Hall–Kier alpha value is -1.85. The first-order valence-corrected chi connectivity index (χ1v) is 8.15. The van der Waals surface area contributed by atoms with Gasteiger partial charge in [-0.05, 0) is 23.8 Å². The Morgan fingerprint density at radius 1 is 1.22 bits per heavy atom. The number of carbonyl (C=O) groups is 1. The van der Waals surface area contributed by atoms with E-state index in [4.69, 9.17) is 11.6 Å². The number of hydrogen-bond donors (Lipinski definition) is 0. The third-order valence-electron chi connectivity index (χ3n) is 4.22. The van der Waals surface area contributed by atoms with Crippen molar-refractivity contribution in [2.45, 2.75) is 6.54 Å². The highest BCUT2D eigenvalue weighted by molar-refractivity contribution is 6.35. The number of rotatable bonds is 2. The van der Waals surface area contributed by atoms with Crippen LogP contribution in [-0.4, -0.2) is 66.0 Å². The summed E-state index contributed by atoms with van der Waals surface area (Å²) in [6.45, 7) is 4.09. The molecule has 3 rings (SSSR count). The number of amides is 2. The van der Waals surface area contributed by atoms with Gasteiger partial charge in [0.1, 0.15) is 0 Å². The summed E-state index contributed by atoms with van der Waals surface area (Å²) in [5.74, 6) is 0. The molecule has 2 heterocycles. The smallest absolute Gasteiger partial charge is 0.319 e. The average Bonchev–Trinajstić information content (AvgIpc) is 2.57. The van der Waals surface area contributed by atoms with Crippen LogP contribution in [0.5, 0.6) is 0 Å². The van der Waals surface area contributed by atoms with E-state index in [1.54, 1.807) is 25.2 Å². The van der Waals surface area contributed by atoms with Gasteiger partial charge in [0, 0.05) is 63.4 Å². The molecule has 2 amide bonds. The average molecular weight is 333 g/mol. The molecule has 0 atom stereocenters. The normalized spacial score (nSPS) is 15.9. The summed E-state index contributed by atoms with van der Waals surface area (Å²) in [6.07, 6.45) is 1.80. The highest BCUT2D eigenvalue weighted by atomic mass is 35.5. The van der Waals surface area contributed by atoms with Gasteiger partial charge in [0.2, 0.25) is 0 Å². The fourth-order valence-electron chi connectivity index (χ4n) is 2.94. The van der Waals surface area contributed by atoms with Crippen molar-refractivity contribution in [1.29, 1.82) is 0 Å². The van der Waals surface area contributed by atoms with E-state index in [0.717, 1.165) is 48.6 Å². The van der Waals surface area contributed by atoms with Gasteiger partial charge in [-0.2, -0.15) is 0 Å². The monoisotopic (exact) mass is 332 g/mol. The molecule has 23 heavy (non-hydrogen) atoms. The highest BCUT2D eigenvalue weighted by Gasteiger charge is 2.22. The first-order chi connectivity index (χ1) is 11.1. The zero-order valence-corrected chi connectivity index (χ0v) is 14.3. The third kappa shape index (κ3) is 3.41. The zero-order valence-electron chi connectivity index (χ0n) is 13.5. The summed E-state index contributed by atoms with van der Waals surface area (Å²) < 4.78 is 0. The van der Waals surface area contributed by atoms with Crippen molar-refractivity contribution in [3.05, 3.63) is 41.0 Å². The molecule has 0 radical (unpaired) electrons. The third-order valence-corrected chi connectivity index (χ3v) is 4.55. The van der Waals surface area contributed by atoms with Crippen molar-refractivity contribution in [3.8, 4) is 0 Å². The molecule has 6 heteroatoms. The Morgan fingerprint density at radius 3 is 2.65 bits per heavy atom. The number of pyridine rings is 1. The number of urea groups is 1. The van der Waals surface area contributed by atoms with E-state index in [0.29, 0.717) is 0 Å². The van der Waals surface area contributed by atoms with Gasteiger partial charge >= 0.3 is 6.03 Å². The zero-order chi connectivity index (χ0) is 16.4. The Kier molecular flexibility index (Phi) is 4.68. The molecule has 1 aromatic heterocycles. The number of nitrogens with zero attached hydrogens (tertiary/aromatic N) is 4. The van der Waals surface area contributed by atoms with Crippen molar-refractivity contribution in [1.82, 2.24) is 19.7 Å². The summed E-state index contributed by atoms with van der Waals surface area (Å²) in [7, 11) is 3.58. The molecule has 0 bridgehead atoms. The molecule has 1 fully saturated rings. The van der Waals surface area contributed by atoms with Crippen LogP contribution in [0.1, 0.15) is 5.56 Å². The van der Waals surface area contributed by atoms with Crippen LogP contribution < -0.4 is 0 Å². The predicted molar refractivity (Wildman–Crippen MR) is 92.7 cm³/mol. The first-order valence-electron chi connectivity index (χ1n) is 7.77. The van der Waals surface area contributed by atoms with Crippen LogP contribution >= 0.6 is 11.6 Å². The maximum absolute atomic E-state index is 12.0. The van der Waals surface area contributed by atoms with Crippen LogP contribution in [0.4, 0.5) is 4.79 Å². The summed E-state index contributed by atoms with van der Waals surface area (Å²) in [4.78, 5) is 22.4. The number of halogens is 1. The minimum atomic E-state index is 0.0864. The first kappa shape index (κ1) is 16.0. The molecule has 0 aliphatic carbocycles. The molecule has 0 unspecified atom stereocenters. The van der Waals surface area contributed by atoms with E-state index in [2.05, 4.69) is 16.0 Å². The molecule has 1 aliphatic rings. The number of benzene rings is 1. The molecule has 0 N–H and O–H groups in total. The van der Waals surface area contributed by atoms with E-state index in [1.165, 1.54) is 5.56 Å². The summed E-state index contributed by atoms with van der Waals surface area (Å²) in [5, 5.41) is 1.73. The lowest BCUT2D eigenvalue weighted by Gasteiger charge is -2.36. The lowest BCUT2D eigenvalue weighted by atomic mass is 10.1. The minimum Gasteiger partial charge on any atom is -0.331 e. The number of hydrogen-bond acceptors (Lipinski definition) is 3. The molecule has 2 aromatic rings. The van der Waals surface area contributed by atoms with E-state index >= 15 is 0 Å². The number of piperazine rings is 1. The lowest BCUT2D eigenvalue weighted by molar-refractivity contribution is 0.120. The van der Waals surface area contributed by atoms with Crippen LogP contribution in [-0.2, 0) is 6.54 Å². The minimum absolute atomic E-state index is 0.0864. The second-order valence-electron chi connectivity index (χ2n) is 6.05. The van der Waals surface area contributed by atoms with E-state index in [1.807, 2.05) is 23.1 Å². The van der Waals surface area contributed by atoms with Gasteiger partial charge < -0.3 is 9.80 Å². The number of aromatic nitrogens is 1. The van der Waals surface area contributed by atoms with Gasteiger partial charge in [-0.15, -0.1) is 0 Å². The fourth-order valence-corrected chi connectivity index (χ4v) is 3.16. The molecule has 1 aliphatic heterocycles. The molecule has 122 valence electrons. The maximum Gasteiger partial charge on any atom is 0.319 e. The van der Waals surface area contributed by atoms with E-state index in [-0.39, 0.29) is 6.03 Å². The Bertz CT molecular complexity index is 711. The molecule has 1 saturated heterocycles. The number of fused-ring (bicyclic) bond motifs is 1. The van der Waals surface area contributed by atoms with Crippen molar-refractivity contribution < 1.29 is 4.79 Å². The second-order valence-corrected chi connectivity index (χ2v) is 6.45.